The quantitative estimate of drug-likeness (QED) is 0.0612. The van der Waals surface area contributed by atoms with Crippen LogP contribution in [0.25, 0.3) is 0 Å². The average Bonchev–Trinajstić information content (AvgIpc) is 1.65. The maximum atomic E-state index is 12.5. The zero-order valence-corrected chi connectivity index (χ0v) is 60.1. The van der Waals surface area contributed by atoms with Crippen molar-refractivity contribution in [1.82, 2.24) is 21.3 Å². The van der Waals surface area contributed by atoms with Crippen molar-refractivity contribution in [3.05, 3.63) is 211 Å². The standard InChI is InChI=1S/C15H16BNO4.C14H14BNO4.C13H18BNO4.C13H12BNO4.C10H12BNO5.C7H8BNO4/c1-11-9-13-10-14(18)21-16(13,20-11)15(19)17-8-7-12-5-3-2-4-6-12;1-10-7-12-8-13(17)20-15(12,19-10)14(18)16-9-11-5-3-2-4-6-11;2*1-9-7-10-8-12(16)19-14(10,18-9)13(17)15-11-5-3-2-4-6-11;1-6(13)5-12-10(15)11-8(3-7(2)16-11)4-9(14)17-11;1-4-2-5-3-6(10)13-8(5,12-4)7(9)11/h2-6H,1,7-10H2,(H,17,19);2-6H,1,7-9H2,(H,16,18);11H,1-8H2,(H,15,17);2-6H,1,7-8H2,(H,15,17);2-5H2,1H3,(H,12,15);1-3H2,(H2,9,11). The van der Waals surface area contributed by atoms with Gasteiger partial charge in [-0.3, -0.25) is 33.6 Å². The van der Waals surface area contributed by atoms with Gasteiger partial charge >= 0.3 is 75.1 Å². The lowest BCUT2D eigenvalue weighted by Gasteiger charge is -2.29. The number of rotatable bonds is 15. The molecule has 12 saturated heterocycles. The molecule has 0 aromatic heterocycles. The molecule has 13 fully saturated rings. The van der Waals surface area contributed by atoms with Gasteiger partial charge in [-0.2, -0.15) is 0 Å². The van der Waals surface area contributed by atoms with Crippen LogP contribution < -0.4 is 32.3 Å². The first kappa shape index (κ1) is 77.9. The zero-order valence-electron chi connectivity index (χ0n) is 60.1. The molecule has 0 spiro atoms. The predicted octanol–water partition coefficient (Wildman–Crippen LogP) is 8.54. The molecule has 37 heteroatoms. The Kier molecular flexibility index (Phi) is 22.9. The molecular formula is C72H80B6N6O25. The minimum Gasteiger partial charge on any atom is -0.637 e. The van der Waals surface area contributed by atoms with E-state index in [9.17, 15) is 62.3 Å². The number of benzene rings is 3. The maximum Gasteiger partial charge on any atom is 0.641 e. The Morgan fingerprint density at radius 2 is 0.697 bits per heavy atom. The number of ketones is 1. The van der Waals surface area contributed by atoms with Crippen LogP contribution in [-0.4, -0.2) is 135 Å². The van der Waals surface area contributed by atoms with Crippen molar-refractivity contribution in [2.24, 2.45) is 5.73 Å². The number of amides is 6. The van der Waals surface area contributed by atoms with E-state index in [1.165, 1.54) is 13.3 Å². The third kappa shape index (κ3) is 16.8. The number of nitrogens with one attached hydrogen (secondary N) is 5. The molecule has 16 rings (SSSR count). The van der Waals surface area contributed by atoms with Gasteiger partial charge in [-0.05, 0) is 49.4 Å². The second-order valence-electron chi connectivity index (χ2n) is 28.5. The van der Waals surface area contributed by atoms with Crippen molar-refractivity contribution in [1.29, 1.82) is 0 Å². The van der Waals surface area contributed by atoms with Gasteiger partial charge in [0.25, 0.3) is 0 Å². The van der Waals surface area contributed by atoms with Crippen LogP contribution in [0.4, 0.5) is 34.5 Å². The van der Waals surface area contributed by atoms with E-state index >= 15 is 0 Å². The zero-order chi connectivity index (χ0) is 78.2. The second-order valence-corrected chi connectivity index (χ2v) is 28.5. The first-order valence-electron chi connectivity index (χ1n) is 35.7. The van der Waals surface area contributed by atoms with Gasteiger partial charge in [0, 0.05) is 59.7 Å². The largest absolute Gasteiger partial charge is 0.641 e. The number of nitrogens with two attached hydrogens (primary N) is 1. The van der Waals surface area contributed by atoms with Crippen LogP contribution in [0, 0.1) is 34.9 Å². The molecule has 1 saturated carbocycles. The van der Waals surface area contributed by atoms with Crippen LogP contribution in [0.2, 0.25) is 0 Å². The topological polar surface area (TPSA) is 419 Å². The molecule has 13 aliphatic rings. The highest BCUT2D eigenvalue weighted by Gasteiger charge is 2.73. The number of carbonyl (C=O) groups is 13. The summed E-state index contributed by atoms with van der Waals surface area (Å²) in [4.78, 5) is 151. The van der Waals surface area contributed by atoms with Gasteiger partial charge in [-0.1, -0.05) is 138 Å². The number of allylic oxidation sites excluding steroid dienone is 6. The molecule has 12 aliphatic heterocycles. The van der Waals surface area contributed by atoms with Crippen molar-refractivity contribution in [2.75, 3.05) is 18.4 Å². The number of Topliss-reactive ketones (excluding diaryl/α,β-unsaturated/α-hetero) is 1. The lowest BCUT2D eigenvalue weighted by molar-refractivity contribution is -0.134. The van der Waals surface area contributed by atoms with E-state index in [1.54, 1.807) is 24.3 Å². The normalized spacial score (nSPS) is 26.5. The van der Waals surface area contributed by atoms with Crippen LogP contribution in [0.5, 0.6) is 0 Å². The molecule has 566 valence electrons. The van der Waals surface area contributed by atoms with Crippen molar-refractivity contribution in [3.63, 3.8) is 0 Å². The number of primary amides is 1. The molecular weight excluding hydrogens is 1410 g/mol. The van der Waals surface area contributed by atoms with E-state index in [0.717, 1.165) is 42.6 Å². The molecule has 6 amide bonds. The highest BCUT2D eigenvalue weighted by atomic mass is 16.7. The third-order valence-corrected chi connectivity index (χ3v) is 20.2. The molecule has 7 N–H and O–H groups in total. The molecule has 0 bridgehead atoms. The summed E-state index contributed by atoms with van der Waals surface area (Å²) in [5.41, 5.74) is 7.85. The minimum absolute atomic E-state index is 0.0759. The predicted molar refractivity (Wildman–Crippen MR) is 394 cm³/mol. The monoisotopic (exact) mass is 1490 g/mol. The van der Waals surface area contributed by atoms with Gasteiger partial charge < -0.3 is 117 Å². The van der Waals surface area contributed by atoms with E-state index in [1.807, 2.05) is 66.7 Å². The number of hydrogen-bond donors (Lipinski definition) is 6. The van der Waals surface area contributed by atoms with Crippen LogP contribution in [0.3, 0.4) is 0 Å². The molecule has 31 nitrogen and oxygen atoms in total. The Bertz CT molecular complexity index is 4120. The summed E-state index contributed by atoms with van der Waals surface area (Å²) in [6.07, 6.45) is 9.43. The summed E-state index contributed by atoms with van der Waals surface area (Å²) in [5.74, 6) is 1.24. The molecule has 1 aliphatic carbocycles. The Labute approximate surface area is 628 Å². The lowest BCUT2D eigenvalue weighted by Crippen LogP contribution is -2.56. The summed E-state index contributed by atoms with van der Waals surface area (Å²) in [6, 6.07) is 28.5. The minimum atomic E-state index is -2.43. The van der Waals surface area contributed by atoms with Gasteiger partial charge in [0.15, 0.2) is 5.81 Å². The van der Waals surface area contributed by atoms with Gasteiger partial charge in [0.2, 0.25) is 29.0 Å². The number of para-hydroxylation sites is 1. The van der Waals surface area contributed by atoms with Crippen molar-refractivity contribution >= 4 is 121 Å². The van der Waals surface area contributed by atoms with Crippen LogP contribution in [0.1, 0.15) is 127 Å². The number of fused-ring (bicyclic) bond motifs is 6. The molecule has 0 radical (unpaired) electrons. The Hall–Kier alpha value is -12.2. The van der Waals surface area contributed by atoms with E-state index in [4.69, 9.17) is 61.6 Å². The molecule has 3 aromatic rings. The Morgan fingerprint density at radius 1 is 0.385 bits per heavy atom. The van der Waals surface area contributed by atoms with Gasteiger partial charge in [0.1, 0.15) is 82.8 Å². The molecule has 12 heterocycles. The first-order chi connectivity index (χ1) is 51.9. The number of carbonyl (C=O) groups excluding carboxylic acids is 13. The SMILES string of the molecule is C=C1C[C+]2CC(=O)O[B-]2(C(=O)NC2CCCCC2)O1.C=C1C[C+]2CC(=O)O[B-]2(C(=O)NCC(C)=O)O1.C=C1C[C+]2CC(=O)O[B-]2(C(=O)NCCc2ccccc2)O1.C=C1C[C+]2CC(=O)O[B-]2(C(=O)NCc2ccccc2)O1.C=C1C[C+]2CC(=O)O[B-]2(C(=O)Nc2ccccc2)O1.C=C1C[C+]2CC(=O)O[B-]2(C(N)=O)O1. The summed E-state index contributed by atoms with van der Waals surface area (Å²) in [5, 5.41) is 13.7. The third-order valence-electron chi connectivity index (χ3n) is 20.2. The van der Waals surface area contributed by atoms with E-state index in [-0.39, 0.29) is 74.5 Å². The second kappa shape index (κ2) is 32.1. The van der Waals surface area contributed by atoms with E-state index in [0.29, 0.717) is 127 Å². The smallest absolute Gasteiger partial charge is 0.637 e. The van der Waals surface area contributed by atoms with Gasteiger partial charge in [-0.25, -0.2) is 0 Å². The maximum absolute atomic E-state index is 12.5. The van der Waals surface area contributed by atoms with Gasteiger partial charge in [0.05, 0.1) is 41.1 Å². The highest BCUT2D eigenvalue weighted by molar-refractivity contribution is 7.06. The molecule has 3 aromatic carbocycles. The fraction of sp³-hybridized carbons (Fsp3) is 0.319. The fourth-order valence-electron chi connectivity index (χ4n) is 15.3. The van der Waals surface area contributed by atoms with Gasteiger partial charge in [-0.15, -0.1) is 0 Å². The van der Waals surface area contributed by atoms with Crippen LogP contribution in [-0.2, 0) is 102 Å². The molecule has 6 unspecified atom stereocenters. The summed E-state index contributed by atoms with van der Waals surface area (Å²) in [6.45, 7) is 10.0. The van der Waals surface area contributed by atoms with Crippen molar-refractivity contribution in [2.45, 2.75) is 135 Å². The van der Waals surface area contributed by atoms with Crippen LogP contribution >= 0.6 is 0 Å². The molecule has 6 atom stereocenters. The average molecular weight is 1490 g/mol. The van der Waals surface area contributed by atoms with E-state index in [2.05, 4.69) is 66.1 Å². The van der Waals surface area contributed by atoms with Crippen molar-refractivity contribution < 1.29 is 118 Å². The Balaban J connectivity index is 0.000000131. The number of hydrogen-bond acceptors (Lipinski definition) is 25. The lowest BCUT2D eigenvalue weighted by atomic mass is 9.47. The summed E-state index contributed by atoms with van der Waals surface area (Å²) in [7, 11) is 0. The summed E-state index contributed by atoms with van der Waals surface area (Å²) >= 11 is 0. The molecule has 109 heavy (non-hydrogen) atoms. The van der Waals surface area contributed by atoms with E-state index < -0.39 is 92.4 Å². The summed E-state index contributed by atoms with van der Waals surface area (Å²) < 4.78 is 63.0. The highest BCUT2D eigenvalue weighted by Crippen LogP contribution is 2.50. The van der Waals surface area contributed by atoms with Crippen molar-refractivity contribution in [3.8, 4) is 0 Å². The first-order valence-corrected chi connectivity index (χ1v) is 35.7. The van der Waals surface area contributed by atoms with Crippen LogP contribution in [0.15, 0.2) is 165 Å². The Morgan fingerprint density at radius 3 is 1.06 bits per heavy atom. The number of anilines is 1. The fourth-order valence-corrected chi connectivity index (χ4v) is 15.3.